The molecule has 2 rings (SSSR count). The van der Waals surface area contributed by atoms with Gasteiger partial charge in [-0.2, -0.15) is 0 Å². The molecule has 1 aromatic carbocycles. The molecule has 3 N–H and O–H groups in total. The number of aliphatic hydroxyl groups excluding tert-OH is 1. The van der Waals surface area contributed by atoms with Gasteiger partial charge in [0.05, 0.1) is 24.8 Å². The molecule has 0 aliphatic carbocycles. The summed E-state index contributed by atoms with van der Waals surface area (Å²) in [5.41, 5.74) is 0.899. The molecule has 1 fully saturated rings. The molecule has 1 aromatic rings. The minimum Gasteiger partial charge on any atom is -0.465 e. The maximum absolute atomic E-state index is 11.9. The molecular weight excluding hydrogens is 284 g/mol. The van der Waals surface area contributed by atoms with Crippen molar-refractivity contribution in [3.8, 4) is 0 Å². The number of ether oxygens (including phenoxy) is 1. The van der Waals surface area contributed by atoms with Crippen LogP contribution in [-0.4, -0.2) is 42.8 Å². The van der Waals surface area contributed by atoms with Gasteiger partial charge in [0.25, 0.3) is 0 Å². The Morgan fingerprint density at radius 1 is 1.45 bits per heavy atom. The van der Waals surface area contributed by atoms with Crippen molar-refractivity contribution in [3.05, 3.63) is 29.8 Å². The number of esters is 1. The maximum Gasteiger partial charge on any atom is 0.337 e. The quantitative estimate of drug-likeness (QED) is 0.710. The van der Waals surface area contributed by atoms with Gasteiger partial charge in [0, 0.05) is 12.2 Å². The summed E-state index contributed by atoms with van der Waals surface area (Å²) in [5.74, 6) is -0.677. The highest BCUT2D eigenvalue weighted by Gasteiger charge is 2.28. The highest BCUT2D eigenvalue weighted by molar-refractivity contribution is 5.97. The predicted octanol–water partition coefficient (Wildman–Crippen LogP) is 0.556. The summed E-state index contributed by atoms with van der Waals surface area (Å²) in [6.07, 6.45) is -0.0974. The largest absolute Gasteiger partial charge is 0.465 e. The molecule has 2 unspecified atom stereocenters. The van der Waals surface area contributed by atoms with Crippen LogP contribution >= 0.6 is 12.4 Å². The van der Waals surface area contributed by atoms with Crippen molar-refractivity contribution >= 4 is 30.0 Å². The monoisotopic (exact) mass is 300 g/mol. The topological polar surface area (TPSA) is 87.7 Å². The van der Waals surface area contributed by atoms with Gasteiger partial charge in [0.2, 0.25) is 5.91 Å². The standard InChI is InChI=1S/C13H16N2O4.ClH/c1-19-13(18)8-3-2-4-9(5-8)15-12(17)11-6-10(16)7-14-11;/h2-5,10-11,14,16H,6-7H2,1H3,(H,15,17);1H. The predicted molar refractivity (Wildman–Crippen MR) is 76.1 cm³/mol. The average Bonchev–Trinajstić information content (AvgIpc) is 2.85. The molecule has 7 heteroatoms. The molecule has 0 radical (unpaired) electrons. The zero-order chi connectivity index (χ0) is 13.8. The first-order valence-corrected chi connectivity index (χ1v) is 6.01. The number of benzene rings is 1. The van der Waals surface area contributed by atoms with E-state index in [4.69, 9.17) is 0 Å². The summed E-state index contributed by atoms with van der Waals surface area (Å²) >= 11 is 0. The zero-order valence-corrected chi connectivity index (χ0v) is 11.8. The fourth-order valence-corrected chi connectivity index (χ4v) is 1.99. The van der Waals surface area contributed by atoms with Crippen LogP contribution in [0.15, 0.2) is 24.3 Å². The number of hydrogen-bond acceptors (Lipinski definition) is 5. The van der Waals surface area contributed by atoms with Crippen LogP contribution in [0, 0.1) is 0 Å². The van der Waals surface area contributed by atoms with Crippen LogP contribution in [0.2, 0.25) is 0 Å². The molecule has 20 heavy (non-hydrogen) atoms. The van der Waals surface area contributed by atoms with Crippen LogP contribution in [0.3, 0.4) is 0 Å². The number of rotatable bonds is 3. The molecular formula is C13H17ClN2O4. The molecule has 0 spiro atoms. The summed E-state index contributed by atoms with van der Waals surface area (Å²) in [4.78, 5) is 23.3. The Morgan fingerprint density at radius 3 is 2.80 bits per heavy atom. The van der Waals surface area contributed by atoms with Crippen molar-refractivity contribution < 1.29 is 19.4 Å². The first-order chi connectivity index (χ1) is 9.10. The van der Waals surface area contributed by atoms with Crippen molar-refractivity contribution in [2.75, 3.05) is 19.0 Å². The number of carbonyl (C=O) groups is 2. The van der Waals surface area contributed by atoms with Crippen LogP contribution < -0.4 is 10.6 Å². The van der Waals surface area contributed by atoms with Crippen molar-refractivity contribution in [3.63, 3.8) is 0 Å². The number of carbonyl (C=O) groups excluding carboxylic acids is 2. The maximum atomic E-state index is 11.9. The van der Waals surface area contributed by atoms with E-state index in [0.717, 1.165) is 0 Å². The van der Waals surface area contributed by atoms with Gasteiger partial charge in [-0.15, -0.1) is 12.4 Å². The minimum absolute atomic E-state index is 0. The van der Waals surface area contributed by atoms with Gasteiger partial charge in [-0.05, 0) is 24.6 Å². The number of amides is 1. The first kappa shape index (κ1) is 16.4. The zero-order valence-electron chi connectivity index (χ0n) is 11.0. The van der Waals surface area contributed by atoms with E-state index in [1.807, 2.05) is 0 Å². The molecule has 110 valence electrons. The molecule has 0 saturated carbocycles. The third kappa shape index (κ3) is 3.93. The third-order valence-corrected chi connectivity index (χ3v) is 2.98. The number of nitrogens with one attached hydrogen (secondary N) is 2. The normalized spacial score (nSPS) is 20.9. The molecule has 0 bridgehead atoms. The van der Waals surface area contributed by atoms with Crippen LogP contribution in [0.5, 0.6) is 0 Å². The Balaban J connectivity index is 0.00000200. The minimum atomic E-state index is -0.489. The van der Waals surface area contributed by atoms with Crippen LogP contribution in [0.1, 0.15) is 16.8 Å². The summed E-state index contributed by atoms with van der Waals surface area (Å²) in [7, 11) is 1.30. The summed E-state index contributed by atoms with van der Waals surface area (Å²) in [6.45, 7) is 0.417. The van der Waals surface area contributed by atoms with Gasteiger partial charge in [0.15, 0.2) is 0 Å². The second kappa shape index (κ2) is 7.23. The molecule has 1 heterocycles. The van der Waals surface area contributed by atoms with Gasteiger partial charge in [-0.25, -0.2) is 4.79 Å². The van der Waals surface area contributed by atoms with Crippen molar-refractivity contribution in [1.29, 1.82) is 0 Å². The van der Waals surface area contributed by atoms with E-state index in [0.29, 0.717) is 24.2 Å². The molecule has 0 aromatic heterocycles. The van der Waals surface area contributed by atoms with Gasteiger partial charge in [-0.1, -0.05) is 6.07 Å². The lowest BCUT2D eigenvalue weighted by molar-refractivity contribution is -0.117. The molecule has 1 saturated heterocycles. The number of β-amino-alcohol motifs (C(OH)–C–C–N with tert-alkyl or cyclic N) is 1. The van der Waals surface area contributed by atoms with E-state index in [1.165, 1.54) is 7.11 Å². The molecule has 2 atom stereocenters. The van der Waals surface area contributed by atoms with E-state index < -0.39 is 18.1 Å². The number of aliphatic hydroxyl groups is 1. The summed E-state index contributed by atoms with van der Waals surface area (Å²) < 4.78 is 4.61. The van der Waals surface area contributed by atoms with Gasteiger partial charge < -0.3 is 20.5 Å². The van der Waals surface area contributed by atoms with Crippen LogP contribution in [-0.2, 0) is 9.53 Å². The number of methoxy groups -OCH3 is 1. The number of hydrogen-bond donors (Lipinski definition) is 3. The fraction of sp³-hybridized carbons (Fsp3) is 0.385. The highest BCUT2D eigenvalue weighted by atomic mass is 35.5. The second-order valence-electron chi connectivity index (χ2n) is 4.41. The number of halogens is 1. The molecule has 1 amide bonds. The lowest BCUT2D eigenvalue weighted by atomic mass is 10.1. The molecule has 6 nitrogen and oxygen atoms in total. The first-order valence-electron chi connectivity index (χ1n) is 6.01. The lowest BCUT2D eigenvalue weighted by Crippen LogP contribution is -2.35. The third-order valence-electron chi connectivity index (χ3n) is 2.98. The Labute approximate surface area is 122 Å². The Kier molecular flexibility index (Phi) is 5.94. The van der Waals surface area contributed by atoms with Gasteiger partial charge >= 0.3 is 5.97 Å². The Hall–Kier alpha value is -1.63. The fourth-order valence-electron chi connectivity index (χ4n) is 1.99. The van der Waals surface area contributed by atoms with Crippen molar-refractivity contribution in [2.45, 2.75) is 18.6 Å². The van der Waals surface area contributed by atoms with Crippen molar-refractivity contribution in [1.82, 2.24) is 5.32 Å². The SMILES string of the molecule is COC(=O)c1cccc(NC(=O)C2CC(O)CN2)c1.Cl. The second-order valence-corrected chi connectivity index (χ2v) is 4.41. The lowest BCUT2D eigenvalue weighted by Gasteiger charge is -2.11. The van der Waals surface area contributed by atoms with Crippen LogP contribution in [0.25, 0.3) is 0 Å². The number of anilines is 1. The average molecular weight is 301 g/mol. The Morgan fingerprint density at radius 2 is 2.20 bits per heavy atom. The summed E-state index contributed by atoms with van der Waals surface area (Å²) in [6, 6.07) is 6.11. The summed E-state index contributed by atoms with van der Waals surface area (Å²) in [5, 5.41) is 15.0. The molecule has 1 aliphatic rings. The van der Waals surface area contributed by atoms with Gasteiger partial charge in [-0.3, -0.25) is 4.79 Å². The van der Waals surface area contributed by atoms with E-state index in [1.54, 1.807) is 24.3 Å². The van der Waals surface area contributed by atoms with Crippen LogP contribution in [0.4, 0.5) is 5.69 Å². The van der Waals surface area contributed by atoms with E-state index in [9.17, 15) is 14.7 Å². The van der Waals surface area contributed by atoms with E-state index >= 15 is 0 Å². The van der Waals surface area contributed by atoms with E-state index in [-0.39, 0.29) is 18.3 Å². The smallest absolute Gasteiger partial charge is 0.337 e. The Bertz CT molecular complexity index is 495. The van der Waals surface area contributed by atoms with Gasteiger partial charge in [0.1, 0.15) is 0 Å². The highest BCUT2D eigenvalue weighted by Crippen LogP contribution is 2.14. The molecule has 1 aliphatic heterocycles. The van der Waals surface area contributed by atoms with E-state index in [2.05, 4.69) is 15.4 Å². The van der Waals surface area contributed by atoms with Crippen molar-refractivity contribution in [2.24, 2.45) is 0 Å².